The van der Waals surface area contributed by atoms with Crippen molar-refractivity contribution in [3.63, 3.8) is 0 Å². The number of nitrogens with zero attached hydrogens (tertiary/aromatic N) is 2. The molecule has 0 radical (unpaired) electrons. The van der Waals surface area contributed by atoms with Gasteiger partial charge in [0.15, 0.2) is 11.5 Å². The van der Waals surface area contributed by atoms with Gasteiger partial charge in [-0.2, -0.15) is 5.26 Å². The summed E-state index contributed by atoms with van der Waals surface area (Å²) in [5.74, 6) is -0.404. The predicted octanol–water partition coefficient (Wildman–Crippen LogP) is 4.43. The zero-order valence-electron chi connectivity index (χ0n) is 20.0. The van der Waals surface area contributed by atoms with Gasteiger partial charge in [0.05, 0.1) is 6.61 Å². The summed E-state index contributed by atoms with van der Waals surface area (Å²) in [5.41, 5.74) is 1.99. The van der Waals surface area contributed by atoms with E-state index in [1.54, 1.807) is 50.4 Å². The second kappa shape index (κ2) is 12.0. The maximum atomic E-state index is 13.1. The molecule has 0 aliphatic carbocycles. The molecular formula is C27H27FN2O5. The van der Waals surface area contributed by atoms with Gasteiger partial charge in [-0.25, -0.2) is 4.39 Å². The lowest BCUT2D eigenvalue weighted by molar-refractivity contribution is -0.140. The molecule has 8 heteroatoms. The third-order valence-electron chi connectivity index (χ3n) is 5.44. The van der Waals surface area contributed by atoms with Crippen LogP contribution in [0.15, 0.2) is 59.2 Å². The molecule has 2 amide bonds. The van der Waals surface area contributed by atoms with Crippen LogP contribution in [-0.2, 0) is 20.9 Å². The first-order valence-corrected chi connectivity index (χ1v) is 11.2. The number of nitriles is 1. The number of ether oxygens (including phenoxy) is 3. The average Bonchev–Trinajstić information content (AvgIpc) is 2.85. The van der Waals surface area contributed by atoms with Gasteiger partial charge in [-0.1, -0.05) is 18.2 Å². The Morgan fingerprint density at radius 1 is 1.06 bits per heavy atom. The lowest BCUT2D eigenvalue weighted by atomic mass is 9.93. The number of carbonyl (C=O) groups is 2. The van der Waals surface area contributed by atoms with Crippen LogP contribution in [0, 0.1) is 17.1 Å². The topological polar surface area (TPSA) is 88.9 Å². The van der Waals surface area contributed by atoms with E-state index in [-0.39, 0.29) is 30.1 Å². The first-order valence-electron chi connectivity index (χ1n) is 11.2. The van der Waals surface area contributed by atoms with Gasteiger partial charge in [0.1, 0.15) is 24.1 Å². The lowest BCUT2D eigenvalue weighted by Crippen LogP contribution is -2.43. The largest absolute Gasteiger partial charge is 0.490 e. The van der Waals surface area contributed by atoms with E-state index in [0.29, 0.717) is 42.3 Å². The molecule has 1 aliphatic heterocycles. The zero-order valence-corrected chi connectivity index (χ0v) is 20.0. The first kappa shape index (κ1) is 25.7. The van der Waals surface area contributed by atoms with E-state index in [1.165, 1.54) is 12.1 Å². The molecule has 0 spiro atoms. The second-order valence-electron chi connectivity index (χ2n) is 7.83. The lowest BCUT2D eigenvalue weighted by Gasteiger charge is -2.27. The summed E-state index contributed by atoms with van der Waals surface area (Å²) in [5, 5.41) is 9.53. The van der Waals surface area contributed by atoms with Gasteiger partial charge in [0, 0.05) is 25.8 Å². The minimum Gasteiger partial charge on any atom is -0.490 e. The highest BCUT2D eigenvalue weighted by atomic mass is 19.1. The summed E-state index contributed by atoms with van der Waals surface area (Å²) in [6.07, 6.45) is 2.10. The highest BCUT2D eigenvalue weighted by Gasteiger charge is 2.35. The van der Waals surface area contributed by atoms with E-state index in [1.807, 2.05) is 13.0 Å². The van der Waals surface area contributed by atoms with E-state index >= 15 is 0 Å². The van der Waals surface area contributed by atoms with Crippen molar-refractivity contribution in [3.8, 4) is 17.6 Å². The summed E-state index contributed by atoms with van der Waals surface area (Å²) in [7, 11) is 1.54. The SMILES string of the molecule is CCOc1cc(/C=C2/C(=O)N(CCCOC)C(=O)C(C#N)=C2C)ccc1OCc1ccc(F)cc1. The van der Waals surface area contributed by atoms with Gasteiger partial charge in [-0.05, 0) is 67.3 Å². The molecule has 1 aliphatic rings. The van der Waals surface area contributed by atoms with Crippen LogP contribution in [-0.4, -0.2) is 43.6 Å². The average molecular weight is 479 g/mol. The molecule has 0 atom stereocenters. The van der Waals surface area contributed by atoms with Crippen LogP contribution in [0.3, 0.4) is 0 Å². The molecule has 7 nitrogen and oxygen atoms in total. The van der Waals surface area contributed by atoms with Crippen LogP contribution in [0.4, 0.5) is 4.39 Å². The Morgan fingerprint density at radius 2 is 1.80 bits per heavy atom. The third kappa shape index (κ3) is 6.14. The molecule has 1 heterocycles. The van der Waals surface area contributed by atoms with Crippen molar-refractivity contribution in [1.82, 2.24) is 4.90 Å². The molecule has 2 aromatic carbocycles. The van der Waals surface area contributed by atoms with E-state index in [9.17, 15) is 19.2 Å². The Bertz CT molecular complexity index is 1200. The predicted molar refractivity (Wildman–Crippen MR) is 128 cm³/mol. The summed E-state index contributed by atoms with van der Waals surface area (Å²) in [6, 6.07) is 13.2. The standard InChI is InChI=1S/C27H27FN2O5/c1-4-34-25-15-20(8-11-24(25)35-17-19-6-9-21(28)10-7-19)14-22-18(2)23(16-29)27(32)30(26(22)31)12-5-13-33-3/h6-11,14-15H,4-5,12-13,17H2,1-3H3/b22-14+. The molecule has 0 fully saturated rings. The van der Waals surface area contributed by atoms with Gasteiger partial charge < -0.3 is 14.2 Å². The van der Waals surface area contributed by atoms with Gasteiger partial charge in [0.2, 0.25) is 0 Å². The fourth-order valence-electron chi connectivity index (χ4n) is 3.61. The molecule has 35 heavy (non-hydrogen) atoms. The number of hydrogen-bond acceptors (Lipinski definition) is 6. The smallest absolute Gasteiger partial charge is 0.271 e. The Morgan fingerprint density at radius 3 is 2.46 bits per heavy atom. The fraction of sp³-hybridized carbons (Fsp3) is 0.296. The van der Waals surface area contributed by atoms with Crippen molar-refractivity contribution in [2.24, 2.45) is 0 Å². The van der Waals surface area contributed by atoms with Crippen LogP contribution in [0.5, 0.6) is 11.5 Å². The number of hydrogen-bond donors (Lipinski definition) is 0. The van der Waals surface area contributed by atoms with Crippen molar-refractivity contribution >= 4 is 17.9 Å². The first-order chi connectivity index (χ1) is 16.9. The number of carbonyl (C=O) groups excluding carboxylic acids is 2. The van der Waals surface area contributed by atoms with E-state index in [0.717, 1.165) is 10.5 Å². The van der Waals surface area contributed by atoms with Gasteiger partial charge in [-0.3, -0.25) is 14.5 Å². The quantitative estimate of drug-likeness (QED) is 0.285. The van der Waals surface area contributed by atoms with Crippen molar-refractivity contribution in [2.45, 2.75) is 26.9 Å². The van der Waals surface area contributed by atoms with Crippen molar-refractivity contribution in [2.75, 3.05) is 26.9 Å². The maximum absolute atomic E-state index is 13.1. The molecule has 2 aromatic rings. The van der Waals surface area contributed by atoms with Crippen molar-refractivity contribution < 1.29 is 28.2 Å². The summed E-state index contributed by atoms with van der Waals surface area (Å²) in [6.45, 7) is 4.60. The molecule has 0 saturated carbocycles. The maximum Gasteiger partial charge on any atom is 0.271 e. The van der Waals surface area contributed by atoms with Gasteiger partial charge in [-0.15, -0.1) is 0 Å². The van der Waals surface area contributed by atoms with Crippen LogP contribution >= 0.6 is 0 Å². The van der Waals surface area contributed by atoms with Crippen LogP contribution in [0.1, 0.15) is 31.4 Å². The molecular weight excluding hydrogens is 451 g/mol. The zero-order chi connectivity index (χ0) is 25.4. The minimum atomic E-state index is -0.595. The third-order valence-corrected chi connectivity index (χ3v) is 5.44. The number of halogens is 1. The number of benzene rings is 2. The Balaban J connectivity index is 1.90. The second-order valence-corrected chi connectivity index (χ2v) is 7.83. The number of methoxy groups -OCH3 is 1. The molecule has 0 N–H and O–H groups in total. The van der Waals surface area contributed by atoms with Gasteiger partial charge >= 0.3 is 0 Å². The van der Waals surface area contributed by atoms with Crippen LogP contribution in [0.2, 0.25) is 0 Å². The van der Waals surface area contributed by atoms with E-state index in [4.69, 9.17) is 14.2 Å². The monoisotopic (exact) mass is 478 g/mol. The van der Waals surface area contributed by atoms with Crippen molar-refractivity contribution in [1.29, 1.82) is 5.26 Å². The van der Waals surface area contributed by atoms with E-state index in [2.05, 4.69) is 0 Å². The Hall–Kier alpha value is -3.96. The number of amides is 2. The van der Waals surface area contributed by atoms with Crippen LogP contribution in [0.25, 0.3) is 6.08 Å². The Kier molecular flexibility index (Phi) is 8.76. The summed E-state index contributed by atoms with van der Waals surface area (Å²) in [4.78, 5) is 26.9. The fourth-order valence-corrected chi connectivity index (χ4v) is 3.61. The molecule has 3 rings (SSSR count). The molecule has 182 valence electrons. The molecule has 0 saturated heterocycles. The normalized spacial score (nSPS) is 14.9. The van der Waals surface area contributed by atoms with Gasteiger partial charge in [0.25, 0.3) is 11.8 Å². The molecule has 0 unspecified atom stereocenters. The molecule has 0 aromatic heterocycles. The number of rotatable bonds is 10. The minimum absolute atomic E-state index is 0.0578. The Labute approximate surface area is 204 Å². The van der Waals surface area contributed by atoms with E-state index < -0.39 is 11.8 Å². The highest BCUT2D eigenvalue weighted by molar-refractivity contribution is 6.19. The van der Waals surface area contributed by atoms with Crippen LogP contribution < -0.4 is 9.47 Å². The number of imide groups is 1. The molecule has 0 bridgehead atoms. The summed E-state index contributed by atoms with van der Waals surface area (Å²) >= 11 is 0. The van der Waals surface area contributed by atoms with Crippen molar-refractivity contribution in [3.05, 3.63) is 76.1 Å². The summed E-state index contributed by atoms with van der Waals surface area (Å²) < 4.78 is 29.8. The highest BCUT2D eigenvalue weighted by Crippen LogP contribution is 2.32.